The second-order valence-corrected chi connectivity index (χ2v) is 3.41. The molecule has 2 aromatic rings. The van der Waals surface area contributed by atoms with E-state index in [1.165, 1.54) is 10.8 Å². The Kier molecular flexibility index (Phi) is 2.15. The van der Waals surface area contributed by atoms with E-state index >= 15 is 0 Å². The van der Waals surface area contributed by atoms with Crippen LogP contribution in [-0.2, 0) is 0 Å². The molecule has 1 nitrogen and oxygen atoms in total. The Balaban J connectivity index is 2.84. The minimum Gasteiger partial charge on any atom is -0.387 e. The van der Waals surface area contributed by atoms with Gasteiger partial charge in [0.05, 0.1) is 5.69 Å². The van der Waals surface area contributed by atoms with E-state index < -0.39 is 0 Å². The molecule has 0 radical (unpaired) electrons. The second-order valence-electron chi connectivity index (χ2n) is 2.93. The first-order valence-electron chi connectivity index (χ1n) is 4.21. The molecule has 0 unspecified atom stereocenters. The molecule has 0 bridgehead atoms. The molecule has 0 heterocycles. The third-order valence-electron chi connectivity index (χ3n) is 2.16. The molecule has 1 N–H and O–H groups in total. The van der Waals surface area contributed by atoms with Gasteiger partial charge < -0.3 is 5.32 Å². The lowest BCUT2D eigenvalue weighted by molar-refractivity contribution is 1.43. The van der Waals surface area contributed by atoms with Crippen LogP contribution in [0.4, 0.5) is 5.69 Å². The summed E-state index contributed by atoms with van der Waals surface area (Å²) in [5, 5.41) is 5.62. The molecule has 2 heteroatoms. The Morgan fingerprint density at radius 1 is 1.08 bits per heavy atom. The van der Waals surface area contributed by atoms with Gasteiger partial charge in [-0.25, -0.2) is 0 Å². The number of fused-ring (bicyclic) bond motifs is 1. The highest BCUT2D eigenvalue weighted by molar-refractivity contribution is 7.80. The fraction of sp³-hybridized carbons (Fsp3) is 0.0909. The van der Waals surface area contributed by atoms with Crippen molar-refractivity contribution in [2.75, 3.05) is 12.4 Å². The third-order valence-corrected chi connectivity index (χ3v) is 2.53. The third kappa shape index (κ3) is 1.38. The quantitative estimate of drug-likeness (QED) is 0.657. The van der Waals surface area contributed by atoms with E-state index in [0.717, 1.165) is 10.6 Å². The van der Waals surface area contributed by atoms with Gasteiger partial charge in [0, 0.05) is 17.3 Å². The maximum atomic E-state index is 4.39. The molecule has 0 atom stereocenters. The lowest BCUT2D eigenvalue weighted by Crippen LogP contribution is -1.90. The van der Waals surface area contributed by atoms with Gasteiger partial charge in [-0.1, -0.05) is 30.3 Å². The summed E-state index contributed by atoms with van der Waals surface area (Å²) in [6, 6.07) is 12.4. The van der Waals surface area contributed by atoms with Crippen molar-refractivity contribution in [2.45, 2.75) is 4.90 Å². The van der Waals surface area contributed by atoms with Crippen molar-refractivity contribution in [1.29, 1.82) is 0 Å². The number of hydrogen-bond donors (Lipinski definition) is 2. The smallest absolute Gasteiger partial charge is 0.0552 e. The molecule has 0 fully saturated rings. The molecule has 2 rings (SSSR count). The number of anilines is 1. The van der Waals surface area contributed by atoms with E-state index in [2.05, 4.69) is 36.1 Å². The number of nitrogens with one attached hydrogen (secondary N) is 1. The van der Waals surface area contributed by atoms with Gasteiger partial charge >= 0.3 is 0 Å². The monoisotopic (exact) mass is 189 g/mol. The van der Waals surface area contributed by atoms with Crippen LogP contribution in [0, 0.1) is 0 Å². The van der Waals surface area contributed by atoms with E-state index in [1.807, 2.05) is 25.2 Å². The maximum Gasteiger partial charge on any atom is 0.0552 e. The van der Waals surface area contributed by atoms with Gasteiger partial charge in [0.2, 0.25) is 0 Å². The SMILES string of the molecule is CNc1c(S)ccc2ccccc12. The molecule has 0 aromatic heterocycles. The molecule has 0 aliphatic rings. The van der Waals surface area contributed by atoms with Crippen molar-refractivity contribution >= 4 is 29.1 Å². The van der Waals surface area contributed by atoms with Crippen LogP contribution in [-0.4, -0.2) is 7.05 Å². The summed E-state index contributed by atoms with van der Waals surface area (Å²) >= 11 is 4.39. The molecule has 0 saturated carbocycles. The summed E-state index contributed by atoms with van der Waals surface area (Å²) in [7, 11) is 1.92. The number of rotatable bonds is 1. The van der Waals surface area contributed by atoms with Crippen molar-refractivity contribution in [2.24, 2.45) is 0 Å². The minimum atomic E-state index is 0.987. The molecule has 13 heavy (non-hydrogen) atoms. The highest BCUT2D eigenvalue weighted by Crippen LogP contribution is 2.29. The van der Waals surface area contributed by atoms with Gasteiger partial charge in [0.15, 0.2) is 0 Å². The summed E-state index contributed by atoms with van der Waals surface area (Å²) < 4.78 is 0. The molecule has 0 saturated heterocycles. The molecule has 66 valence electrons. The Morgan fingerprint density at radius 2 is 1.85 bits per heavy atom. The predicted molar refractivity (Wildman–Crippen MR) is 60.7 cm³/mol. The largest absolute Gasteiger partial charge is 0.387 e. The van der Waals surface area contributed by atoms with Gasteiger partial charge in [-0.2, -0.15) is 0 Å². The van der Waals surface area contributed by atoms with Crippen LogP contribution >= 0.6 is 12.6 Å². The van der Waals surface area contributed by atoms with Crippen LogP contribution in [0.1, 0.15) is 0 Å². The minimum absolute atomic E-state index is 0.987. The van der Waals surface area contributed by atoms with Crippen LogP contribution in [0.25, 0.3) is 10.8 Å². The lowest BCUT2D eigenvalue weighted by atomic mass is 10.1. The van der Waals surface area contributed by atoms with E-state index in [1.54, 1.807) is 0 Å². The van der Waals surface area contributed by atoms with E-state index in [9.17, 15) is 0 Å². The number of benzene rings is 2. The lowest BCUT2D eigenvalue weighted by Gasteiger charge is -2.08. The summed E-state index contributed by atoms with van der Waals surface area (Å²) in [6.07, 6.45) is 0. The average molecular weight is 189 g/mol. The van der Waals surface area contributed by atoms with Gasteiger partial charge in [-0.05, 0) is 11.5 Å². The molecule has 0 aliphatic carbocycles. The van der Waals surface area contributed by atoms with Crippen molar-refractivity contribution in [3.63, 3.8) is 0 Å². The summed E-state index contributed by atoms with van der Waals surface area (Å²) in [5.41, 5.74) is 1.10. The maximum absolute atomic E-state index is 4.39. The normalized spacial score (nSPS) is 10.3. The van der Waals surface area contributed by atoms with Gasteiger partial charge in [0.25, 0.3) is 0 Å². The Bertz CT molecular complexity index is 437. The highest BCUT2D eigenvalue weighted by atomic mass is 32.1. The summed E-state index contributed by atoms with van der Waals surface area (Å²) in [4.78, 5) is 0.987. The predicted octanol–water partition coefficient (Wildman–Crippen LogP) is 3.17. The molecule has 0 amide bonds. The molecular weight excluding hydrogens is 178 g/mol. The highest BCUT2D eigenvalue weighted by Gasteiger charge is 2.01. The van der Waals surface area contributed by atoms with Crippen LogP contribution in [0.15, 0.2) is 41.3 Å². The van der Waals surface area contributed by atoms with Crippen LogP contribution in [0.5, 0.6) is 0 Å². The molecular formula is C11H11NS. The second kappa shape index (κ2) is 3.30. The van der Waals surface area contributed by atoms with Gasteiger partial charge in [-0.15, -0.1) is 12.6 Å². The zero-order valence-corrected chi connectivity index (χ0v) is 8.31. The van der Waals surface area contributed by atoms with Crippen molar-refractivity contribution < 1.29 is 0 Å². The zero-order chi connectivity index (χ0) is 9.26. The van der Waals surface area contributed by atoms with Crippen LogP contribution in [0.2, 0.25) is 0 Å². The van der Waals surface area contributed by atoms with Crippen LogP contribution < -0.4 is 5.32 Å². The van der Waals surface area contributed by atoms with E-state index in [4.69, 9.17) is 0 Å². The first kappa shape index (κ1) is 8.45. The molecule has 2 aromatic carbocycles. The van der Waals surface area contributed by atoms with E-state index in [0.29, 0.717) is 0 Å². The van der Waals surface area contributed by atoms with E-state index in [-0.39, 0.29) is 0 Å². The Hall–Kier alpha value is -1.15. The van der Waals surface area contributed by atoms with Crippen molar-refractivity contribution in [3.8, 4) is 0 Å². The fourth-order valence-electron chi connectivity index (χ4n) is 1.52. The fourth-order valence-corrected chi connectivity index (χ4v) is 1.83. The van der Waals surface area contributed by atoms with Gasteiger partial charge in [-0.3, -0.25) is 0 Å². The van der Waals surface area contributed by atoms with Crippen molar-refractivity contribution in [1.82, 2.24) is 0 Å². The number of thiol groups is 1. The van der Waals surface area contributed by atoms with Gasteiger partial charge in [0.1, 0.15) is 0 Å². The Morgan fingerprint density at radius 3 is 2.62 bits per heavy atom. The van der Waals surface area contributed by atoms with Crippen molar-refractivity contribution in [3.05, 3.63) is 36.4 Å². The van der Waals surface area contributed by atoms with Crippen LogP contribution in [0.3, 0.4) is 0 Å². The topological polar surface area (TPSA) is 12.0 Å². The summed E-state index contributed by atoms with van der Waals surface area (Å²) in [5.74, 6) is 0. The Labute approximate surface area is 83.2 Å². The molecule has 0 aliphatic heterocycles. The standard InChI is InChI=1S/C11H11NS/c1-12-11-9-5-3-2-4-8(9)6-7-10(11)13/h2-7,12-13H,1H3. The number of hydrogen-bond acceptors (Lipinski definition) is 2. The zero-order valence-electron chi connectivity index (χ0n) is 7.41. The summed E-state index contributed by atoms with van der Waals surface area (Å²) in [6.45, 7) is 0. The molecule has 0 spiro atoms. The average Bonchev–Trinajstić information content (AvgIpc) is 2.18. The first-order chi connectivity index (χ1) is 6.33. The first-order valence-corrected chi connectivity index (χ1v) is 4.66.